The standard InChI is InChI=1S/C9H16O/c1-4-6-7-8-9(3,10)5-2/h4,6-8,10H,5H2,1-3H3. The highest BCUT2D eigenvalue weighted by Gasteiger charge is 2.10. The molecule has 1 nitrogen and oxygen atoms in total. The van der Waals surface area contributed by atoms with E-state index in [4.69, 9.17) is 0 Å². The molecule has 1 heteroatoms. The third-order valence-electron chi connectivity index (χ3n) is 1.47. The van der Waals surface area contributed by atoms with Gasteiger partial charge in [-0.1, -0.05) is 31.2 Å². The van der Waals surface area contributed by atoms with Crippen LogP contribution in [-0.4, -0.2) is 10.7 Å². The van der Waals surface area contributed by atoms with E-state index in [9.17, 15) is 5.11 Å². The molecule has 0 radical (unpaired) electrons. The van der Waals surface area contributed by atoms with Crippen LogP contribution in [0.25, 0.3) is 0 Å². The van der Waals surface area contributed by atoms with Crippen LogP contribution in [-0.2, 0) is 0 Å². The first-order chi connectivity index (χ1) is 4.62. The SMILES string of the molecule is CC=CC=CC(C)(O)CC. The van der Waals surface area contributed by atoms with E-state index in [1.807, 2.05) is 32.1 Å². The Morgan fingerprint density at radius 2 is 2.00 bits per heavy atom. The van der Waals surface area contributed by atoms with E-state index in [0.29, 0.717) is 0 Å². The molecule has 0 spiro atoms. The summed E-state index contributed by atoms with van der Waals surface area (Å²) in [6.07, 6.45) is 8.25. The average Bonchev–Trinajstić information content (AvgIpc) is 1.89. The molecule has 0 amide bonds. The van der Waals surface area contributed by atoms with Gasteiger partial charge in [0, 0.05) is 0 Å². The molecule has 1 unspecified atom stereocenters. The van der Waals surface area contributed by atoms with Gasteiger partial charge in [-0.2, -0.15) is 0 Å². The Kier molecular flexibility index (Phi) is 4.05. The molecule has 10 heavy (non-hydrogen) atoms. The molecule has 0 saturated carbocycles. The number of rotatable bonds is 3. The Balaban J connectivity index is 3.86. The smallest absolute Gasteiger partial charge is 0.0800 e. The first-order valence-corrected chi connectivity index (χ1v) is 3.65. The Bertz CT molecular complexity index is 132. The van der Waals surface area contributed by atoms with Crippen molar-refractivity contribution in [2.24, 2.45) is 0 Å². The van der Waals surface area contributed by atoms with Crippen molar-refractivity contribution in [3.63, 3.8) is 0 Å². The summed E-state index contributed by atoms with van der Waals surface area (Å²) in [4.78, 5) is 0. The average molecular weight is 140 g/mol. The Morgan fingerprint density at radius 1 is 1.40 bits per heavy atom. The fourth-order valence-electron chi connectivity index (χ4n) is 0.492. The van der Waals surface area contributed by atoms with Crippen LogP contribution in [0.3, 0.4) is 0 Å². The number of hydrogen-bond acceptors (Lipinski definition) is 1. The molecule has 0 fully saturated rings. The third-order valence-corrected chi connectivity index (χ3v) is 1.47. The molecule has 0 aliphatic rings. The Labute approximate surface area is 63.1 Å². The molecule has 0 aromatic carbocycles. The second-order valence-corrected chi connectivity index (χ2v) is 2.60. The quantitative estimate of drug-likeness (QED) is 0.596. The van der Waals surface area contributed by atoms with Crippen molar-refractivity contribution >= 4 is 0 Å². The normalized spacial score (nSPS) is 18.4. The fraction of sp³-hybridized carbons (Fsp3) is 0.556. The van der Waals surface area contributed by atoms with Crippen LogP contribution in [0.15, 0.2) is 24.3 Å². The van der Waals surface area contributed by atoms with Gasteiger partial charge in [0.25, 0.3) is 0 Å². The van der Waals surface area contributed by atoms with Crippen LogP contribution in [0.2, 0.25) is 0 Å². The van der Waals surface area contributed by atoms with Crippen LogP contribution in [0.5, 0.6) is 0 Å². The van der Waals surface area contributed by atoms with Gasteiger partial charge < -0.3 is 5.11 Å². The molecule has 0 saturated heterocycles. The van der Waals surface area contributed by atoms with Crippen molar-refractivity contribution in [2.45, 2.75) is 32.8 Å². The monoisotopic (exact) mass is 140 g/mol. The van der Waals surface area contributed by atoms with E-state index in [-0.39, 0.29) is 0 Å². The molecule has 0 aliphatic carbocycles. The van der Waals surface area contributed by atoms with Gasteiger partial charge in [0.15, 0.2) is 0 Å². The van der Waals surface area contributed by atoms with Crippen LogP contribution < -0.4 is 0 Å². The van der Waals surface area contributed by atoms with Gasteiger partial charge in [0.2, 0.25) is 0 Å². The van der Waals surface area contributed by atoms with Crippen molar-refractivity contribution in [3.8, 4) is 0 Å². The number of allylic oxidation sites excluding steroid dienone is 3. The van der Waals surface area contributed by atoms with E-state index < -0.39 is 5.60 Å². The number of aliphatic hydroxyl groups is 1. The van der Waals surface area contributed by atoms with Crippen LogP contribution in [0, 0.1) is 0 Å². The zero-order chi connectivity index (χ0) is 8.04. The molecule has 0 bridgehead atoms. The maximum absolute atomic E-state index is 9.43. The predicted octanol–water partition coefficient (Wildman–Crippen LogP) is 2.28. The second kappa shape index (κ2) is 4.29. The van der Waals surface area contributed by atoms with Gasteiger partial charge in [-0.25, -0.2) is 0 Å². The van der Waals surface area contributed by atoms with Crippen molar-refractivity contribution in [1.82, 2.24) is 0 Å². The summed E-state index contributed by atoms with van der Waals surface area (Å²) in [7, 11) is 0. The minimum atomic E-state index is -0.639. The zero-order valence-corrected chi connectivity index (χ0v) is 6.96. The summed E-state index contributed by atoms with van der Waals surface area (Å²) in [5, 5.41) is 9.43. The molecule has 0 aliphatic heterocycles. The molecule has 0 heterocycles. The van der Waals surface area contributed by atoms with Gasteiger partial charge in [0.1, 0.15) is 0 Å². The summed E-state index contributed by atoms with van der Waals surface area (Å²) in [6, 6.07) is 0. The zero-order valence-electron chi connectivity index (χ0n) is 6.96. The van der Waals surface area contributed by atoms with Crippen LogP contribution in [0.4, 0.5) is 0 Å². The molecule has 0 rings (SSSR count). The largest absolute Gasteiger partial charge is 0.386 e. The molecule has 0 aromatic heterocycles. The van der Waals surface area contributed by atoms with E-state index in [1.165, 1.54) is 0 Å². The lowest BCUT2D eigenvalue weighted by molar-refractivity contribution is 0.108. The minimum Gasteiger partial charge on any atom is -0.386 e. The molecule has 58 valence electrons. The van der Waals surface area contributed by atoms with Crippen molar-refractivity contribution in [1.29, 1.82) is 0 Å². The first kappa shape index (κ1) is 9.44. The third kappa shape index (κ3) is 4.33. The Hall–Kier alpha value is -0.560. The predicted molar refractivity (Wildman–Crippen MR) is 44.9 cm³/mol. The summed E-state index contributed by atoms with van der Waals surface area (Å²) in [6.45, 7) is 5.71. The van der Waals surface area contributed by atoms with Gasteiger partial charge in [-0.3, -0.25) is 0 Å². The maximum Gasteiger partial charge on any atom is 0.0800 e. The number of hydrogen-bond donors (Lipinski definition) is 1. The maximum atomic E-state index is 9.43. The lowest BCUT2D eigenvalue weighted by Crippen LogP contribution is -2.18. The van der Waals surface area contributed by atoms with Crippen LogP contribution >= 0.6 is 0 Å². The molecule has 1 N–H and O–H groups in total. The van der Waals surface area contributed by atoms with Crippen molar-refractivity contribution in [3.05, 3.63) is 24.3 Å². The van der Waals surface area contributed by atoms with Gasteiger partial charge in [0.05, 0.1) is 5.60 Å². The lowest BCUT2D eigenvalue weighted by atomic mass is 10.0. The van der Waals surface area contributed by atoms with Gasteiger partial charge >= 0.3 is 0 Å². The summed E-state index contributed by atoms with van der Waals surface area (Å²) < 4.78 is 0. The highest BCUT2D eigenvalue weighted by molar-refractivity contribution is 5.07. The van der Waals surface area contributed by atoms with E-state index in [0.717, 1.165) is 6.42 Å². The first-order valence-electron chi connectivity index (χ1n) is 3.65. The molecular formula is C9H16O. The summed E-state index contributed by atoms with van der Waals surface area (Å²) >= 11 is 0. The summed E-state index contributed by atoms with van der Waals surface area (Å²) in [5.41, 5.74) is -0.639. The van der Waals surface area contributed by atoms with E-state index in [1.54, 1.807) is 13.0 Å². The fourth-order valence-corrected chi connectivity index (χ4v) is 0.492. The topological polar surface area (TPSA) is 20.2 Å². The lowest BCUT2D eigenvalue weighted by Gasteiger charge is -2.14. The molecule has 0 aromatic rings. The van der Waals surface area contributed by atoms with Crippen molar-refractivity contribution in [2.75, 3.05) is 0 Å². The minimum absolute atomic E-state index is 0.639. The van der Waals surface area contributed by atoms with E-state index >= 15 is 0 Å². The van der Waals surface area contributed by atoms with Gasteiger partial charge in [-0.15, -0.1) is 0 Å². The van der Waals surface area contributed by atoms with Gasteiger partial charge in [-0.05, 0) is 20.3 Å². The highest BCUT2D eigenvalue weighted by atomic mass is 16.3. The van der Waals surface area contributed by atoms with Crippen LogP contribution in [0.1, 0.15) is 27.2 Å². The highest BCUT2D eigenvalue weighted by Crippen LogP contribution is 2.09. The molecular weight excluding hydrogens is 124 g/mol. The van der Waals surface area contributed by atoms with Crippen molar-refractivity contribution < 1.29 is 5.11 Å². The Morgan fingerprint density at radius 3 is 2.40 bits per heavy atom. The second-order valence-electron chi connectivity index (χ2n) is 2.60. The van der Waals surface area contributed by atoms with E-state index in [2.05, 4.69) is 0 Å². The summed E-state index contributed by atoms with van der Waals surface area (Å²) in [5.74, 6) is 0. The molecule has 1 atom stereocenters.